The SMILES string of the molecule is CCS(=O)(=O)c1ccc(C(=O)Nc2ccc(Cl)c(-c3ccccn3)c2)cc1.CN(C)Cc1ccc(C(=O)Nc2ccc(Cl)c(-c3ccccn3)c2)c(Cl)c1.CS(=O)(=O)c1ccc(C(=O)Nc2ccc(Cl)c(-c3ccccn3)c2)cc1.O=C(Nc1ccc(Cl)c(-c2ccccn2)c1)c1ccc(NCCO)nc1. The van der Waals surface area contributed by atoms with Crippen LogP contribution in [0.4, 0.5) is 28.6 Å². The summed E-state index contributed by atoms with van der Waals surface area (Å²) in [4.78, 5) is 73.6. The Labute approximate surface area is 638 Å². The molecule has 4 amide bonds. The Morgan fingerprint density at radius 2 is 0.783 bits per heavy atom. The monoisotopic (exact) mass is 1550 g/mol. The lowest BCUT2D eigenvalue weighted by Gasteiger charge is -2.12. The highest BCUT2D eigenvalue weighted by atomic mass is 35.5. The van der Waals surface area contributed by atoms with Gasteiger partial charge in [-0.3, -0.25) is 39.1 Å². The number of benzene rings is 7. The van der Waals surface area contributed by atoms with Crippen LogP contribution in [0.15, 0.2) is 265 Å². The third kappa shape index (κ3) is 22.6. The minimum absolute atomic E-state index is 0.0130. The lowest BCUT2D eigenvalue weighted by molar-refractivity contribution is 0.101. The summed E-state index contributed by atoms with van der Waals surface area (Å²) in [5.41, 5.74) is 10.8. The van der Waals surface area contributed by atoms with Crippen molar-refractivity contribution in [1.29, 1.82) is 0 Å². The molecule has 106 heavy (non-hydrogen) atoms. The molecule has 0 saturated carbocycles. The van der Waals surface area contributed by atoms with Gasteiger partial charge in [0.2, 0.25) is 0 Å². The van der Waals surface area contributed by atoms with Crippen LogP contribution < -0.4 is 26.6 Å². The molecular formula is C79H68Cl5N11O9S2. The molecule has 540 valence electrons. The lowest BCUT2D eigenvalue weighted by atomic mass is 10.1. The van der Waals surface area contributed by atoms with Gasteiger partial charge in [0.15, 0.2) is 19.7 Å². The average Bonchev–Trinajstić information content (AvgIpc) is 0.836. The number of hydrogen-bond donors (Lipinski definition) is 6. The number of hydrogen-bond acceptors (Lipinski definition) is 16. The quantitative estimate of drug-likeness (QED) is 0.0413. The van der Waals surface area contributed by atoms with Gasteiger partial charge < -0.3 is 36.6 Å². The third-order valence-corrected chi connectivity index (χ3v) is 19.8. The van der Waals surface area contributed by atoms with Crippen LogP contribution in [0.2, 0.25) is 25.1 Å². The summed E-state index contributed by atoms with van der Waals surface area (Å²) in [5.74, 6) is -0.630. The molecule has 7 aromatic carbocycles. The summed E-state index contributed by atoms with van der Waals surface area (Å²) in [5, 5.41) is 25.6. The molecule has 0 bridgehead atoms. The van der Waals surface area contributed by atoms with Crippen molar-refractivity contribution in [1.82, 2.24) is 29.8 Å². The standard InChI is InChI=1S/C21H19Cl2N3O.C20H17ClN2O3S.C19H17ClN4O2.C19H15ClN2O3S/c1-26(2)13-14-6-8-16(19(23)11-14)21(27)25-15-7-9-18(22)17(12-15)20-5-3-4-10-24-20;1-2-27(25,26)16-9-6-14(7-10-16)20(24)23-15-8-11-18(21)17(13-15)19-5-3-4-12-22-19;20-16-6-5-14(11-15(16)17-3-1-2-8-21-17)24-19(26)13-4-7-18(23-12-13)22-9-10-25;1-26(24,25)15-8-5-13(6-9-15)19(23)22-14-7-10-17(20)16(12-14)18-4-2-3-11-21-18/h3-12H,13H2,1-2H3,(H,25,27);3-13H,2H2,1H3,(H,23,24);1-8,11-12,25H,9-10H2,(H,22,23)(H,24,26);2-12H,1H3,(H,22,23). The summed E-state index contributed by atoms with van der Waals surface area (Å²) < 4.78 is 46.7. The predicted molar refractivity (Wildman–Crippen MR) is 423 cm³/mol. The van der Waals surface area contributed by atoms with E-state index >= 15 is 0 Å². The molecule has 0 saturated heterocycles. The molecular weight excluding hydrogens is 1490 g/mol. The van der Waals surface area contributed by atoms with E-state index in [1.54, 1.807) is 123 Å². The Bertz CT molecular complexity index is 5280. The number of aliphatic hydroxyl groups is 1. The molecule has 0 aliphatic rings. The first-order valence-electron chi connectivity index (χ1n) is 32.3. The van der Waals surface area contributed by atoms with Crippen LogP contribution in [-0.2, 0) is 26.2 Å². The zero-order chi connectivity index (χ0) is 75.9. The van der Waals surface area contributed by atoms with E-state index in [1.165, 1.54) is 54.7 Å². The number of anilines is 5. The summed E-state index contributed by atoms with van der Waals surface area (Å²) >= 11 is 31.3. The normalized spacial score (nSPS) is 10.9. The van der Waals surface area contributed by atoms with Gasteiger partial charge in [0.25, 0.3) is 23.6 Å². The first-order valence-corrected chi connectivity index (χ1v) is 37.8. The van der Waals surface area contributed by atoms with Crippen molar-refractivity contribution in [2.45, 2.75) is 23.3 Å². The Hall–Kier alpha value is -10.8. The fraction of sp³-hybridized carbons (Fsp3) is 0.101. The van der Waals surface area contributed by atoms with Crippen LogP contribution >= 0.6 is 58.0 Å². The zero-order valence-corrected chi connectivity index (χ0v) is 62.6. The number of carbonyl (C=O) groups excluding carboxylic acids is 4. The second-order valence-electron chi connectivity index (χ2n) is 23.3. The maximum atomic E-state index is 12.6. The van der Waals surface area contributed by atoms with Crippen molar-refractivity contribution in [3.05, 3.63) is 308 Å². The summed E-state index contributed by atoms with van der Waals surface area (Å²) in [6.07, 6.45) is 9.32. The molecule has 6 N–H and O–H groups in total. The van der Waals surface area contributed by atoms with Crippen LogP contribution in [0, 0.1) is 0 Å². The molecule has 0 spiro atoms. The number of nitrogens with one attached hydrogen (secondary N) is 5. The van der Waals surface area contributed by atoms with E-state index in [4.69, 9.17) is 63.1 Å². The van der Waals surface area contributed by atoms with E-state index in [0.717, 1.165) is 40.9 Å². The third-order valence-electron chi connectivity index (χ3n) is 15.3. The average molecular weight is 1560 g/mol. The highest BCUT2D eigenvalue weighted by molar-refractivity contribution is 7.91. The van der Waals surface area contributed by atoms with Gasteiger partial charge in [-0.05, 0) is 214 Å². The first kappa shape index (κ1) is 79.4. The number of amides is 4. The van der Waals surface area contributed by atoms with Crippen molar-refractivity contribution in [3.63, 3.8) is 0 Å². The summed E-state index contributed by atoms with van der Waals surface area (Å²) in [6.45, 7) is 2.75. The molecule has 5 heterocycles. The van der Waals surface area contributed by atoms with E-state index in [2.05, 4.69) is 51.5 Å². The number of aliphatic hydroxyl groups excluding tert-OH is 1. The molecule has 12 rings (SSSR count). The Kier molecular flexibility index (Phi) is 28.3. The smallest absolute Gasteiger partial charge is 0.257 e. The van der Waals surface area contributed by atoms with Crippen molar-refractivity contribution in [3.8, 4) is 45.0 Å². The first-order chi connectivity index (χ1) is 50.8. The van der Waals surface area contributed by atoms with Crippen LogP contribution in [0.3, 0.4) is 0 Å². The number of carbonyl (C=O) groups is 4. The molecule has 0 fully saturated rings. The number of aromatic nitrogens is 5. The van der Waals surface area contributed by atoms with E-state index in [-0.39, 0.29) is 45.8 Å². The van der Waals surface area contributed by atoms with Gasteiger partial charge in [-0.15, -0.1) is 0 Å². The molecule has 0 aliphatic carbocycles. The molecule has 12 aromatic rings. The Morgan fingerprint density at radius 1 is 0.415 bits per heavy atom. The largest absolute Gasteiger partial charge is 0.395 e. The van der Waals surface area contributed by atoms with Gasteiger partial charge in [0.05, 0.1) is 81.2 Å². The minimum atomic E-state index is -3.30. The molecule has 0 atom stereocenters. The lowest BCUT2D eigenvalue weighted by Crippen LogP contribution is -2.14. The maximum Gasteiger partial charge on any atom is 0.257 e. The van der Waals surface area contributed by atoms with Gasteiger partial charge in [-0.1, -0.05) is 95.3 Å². The second kappa shape index (κ2) is 37.8. The van der Waals surface area contributed by atoms with E-state index in [0.29, 0.717) is 105 Å². The Morgan fingerprint density at radius 3 is 1.10 bits per heavy atom. The van der Waals surface area contributed by atoms with Crippen LogP contribution in [0.1, 0.15) is 53.9 Å². The number of rotatable bonds is 20. The van der Waals surface area contributed by atoms with Crippen molar-refractivity contribution < 1.29 is 41.1 Å². The van der Waals surface area contributed by atoms with Crippen molar-refractivity contribution >= 4 is 130 Å². The number of sulfone groups is 2. The second-order valence-corrected chi connectivity index (χ2v) is 29.6. The fourth-order valence-electron chi connectivity index (χ4n) is 9.95. The van der Waals surface area contributed by atoms with Gasteiger partial charge in [-0.2, -0.15) is 0 Å². The highest BCUT2D eigenvalue weighted by Crippen LogP contribution is 2.34. The fourth-order valence-corrected chi connectivity index (χ4v) is 12.6. The molecule has 0 radical (unpaired) electrons. The predicted octanol–water partition coefficient (Wildman–Crippen LogP) is 17.3. The van der Waals surface area contributed by atoms with E-state index in [1.807, 2.05) is 104 Å². The van der Waals surface area contributed by atoms with Crippen LogP contribution in [-0.4, -0.2) is 115 Å². The van der Waals surface area contributed by atoms with Crippen LogP contribution in [0.5, 0.6) is 0 Å². The van der Waals surface area contributed by atoms with Gasteiger partial charge in [0, 0.05) is 106 Å². The van der Waals surface area contributed by atoms with Gasteiger partial charge in [0.1, 0.15) is 5.82 Å². The van der Waals surface area contributed by atoms with Gasteiger partial charge >= 0.3 is 0 Å². The molecule has 0 unspecified atom stereocenters. The van der Waals surface area contributed by atoms with E-state index in [9.17, 15) is 36.0 Å². The van der Waals surface area contributed by atoms with Crippen molar-refractivity contribution in [2.24, 2.45) is 0 Å². The molecule has 5 aromatic heterocycles. The summed E-state index contributed by atoms with van der Waals surface area (Å²) in [7, 11) is -2.63. The van der Waals surface area contributed by atoms with E-state index < -0.39 is 19.7 Å². The Balaban J connectivity index is 0.000000163. The number of nitrogens with zero attached hydrogens (tertiary/aromatic N) is 6. The molecule has 0 aliphatic heterocycles. The highest BCUT2D eigenvalue weighted by Gasteiger charge is 2.19. The molecule has 27 heteroatoms. The summed E-state index contributed by atoms with van der Waals surface area (Å²) in [6, 6.07) is 63.4. The topological polar surface area (TPSA) is 285 Å². The zero-order valence-electron chi connectivity index (χ0n) is 57.2. The maximum absolute atomic E-state index is 12.6. The minimum Gasteiger partial charge on any atom is -0.395 e. The molecule has 20 nitrogen and oxygen atoms in total. The number of pyridine rings is 5. The van der Waals surface area contributed by atoms with Crippen LogP contribution in [0.25, 0.3) is 45.0 Å². The number of halogens is 5. The van der Waals surface area contributed by atoms with Crippen molar-refractivity contribution in [2.75, 3.05) is 65.8 Å². The van der Waals surface area contributed by atoms with Gasteiger partial charge in [-0.25, -0.2) is 21.8 Å².